The molecule has 0 aromatic heterocycles. The Morgan fingerprint density at radius 1 is 0.952 bits per heavy atom. The molecule has 2 aromatic carbocycles. The monoisotopic (exact) mass is 342 g/mol. The Morgan fingerprint density at radius 3 is 2.24 bits per heavy atom. The third-order valence-corrected chi connectivity index (χ3v) is 4.39. The predicted octanol–water partition coefficient (Wildman–Crippen LogP) is 5.89. The van der Waals surface area contributed by atoms with Gasteiger partial charge in [0.25, 0.3) is 0 Å². The fourth-order valence-corrected chi connectivity index (χ4v) is 3.07. The summed E-state index contributed by atoms with van der Waals surface area (Å²) in [7, 11) is 3.92. The van der Waals surface area contributed by atoms with E-state index in [9.17, 15) is 0 Å². The summed E-state index contributed by atoms with van der Waals surface area (Å²) >= 11 is 18.6. The summed E-state index contributed by atoms with van der Waals surface area (Å²) in [6, 6.07) is 11.4. The maximum atomic E-state index is 6.28. The standard InChI is InChI=1S/C16H17Cl3N2/c1-10(11-6-4-7-12(17)15(11)19)20-14-9-5-8-13(18)16(14)21(2)3/h4-10,20H,1-3H3. The first-order chi connectivity index (χ1) is 9.91. The van der Waals surface area contributed by atoms with Crippen molar-refractivity contribution in [3.63, 3.8) is 0 Å². The summed E-state index contributed by atoms with van der Waals surface area (Å²) in [5.74, 6) is 0. The SMILES string of the molecule is CC(Nc1cccc(Cl)c1N(C)C)c1cccc(Cl)c1Cl. The van der Waals surface area contributed by atoms with Crippen molar-refractivity contribution in [3.05, 3.63) is 57.0 Å². The molecule has 2 aromatic rings. The number of nitrogens with zero attached hydrogens (tertiary/aromatic N) is 1. The summed E-state index contributed by atoms with van der Waals surface area (Å²) in [6.07, 6.45) is 0. The lowest BCUT2D eigenvalue weighted by Crippen LogP contribution is -2.14. The molecule has 0 amide bonds. The lowest BCUT2D eigenvalue weighted by molar-refractivity contribution is 0.883. The third-order valence-electron chi connectivity index (χ3n) is 3.25. The Balaban J connectivity index is 2.34. The van der Waals surface area contributed by atoms with Gasteiger partial charge in [-0.1, -0.05) is 53.0 Å². The summed E-state index contributed by atoms with van der Waals surface area (Å²) in [6.45, 7) is 2.04. The lowest BCUT2D eigenvalue weighted by Gasteiger charge is -2.23. The smallest absolute Gasteiger partial charge is 0.0786 e. The molecule has 1 N–H and O–H groups in total. The van der Waals surface area contributed by atoms with Crippen LogP contribution in [0.2, 0.25) is 15.1 Å². The van der Waals surface area contributed by atoms with Crippen molar-refractivity contribution in [2.45, 2.75) is 13.0 Å². The highest BCUT2D eigenvalue weighted by atomic mass is 35.5. The molecule has 1 unspecified atom stereocenters. The van der Waals surface area contributed by atoms with Crippen LogP contribution in [0.25, 0.3) is 0 Å². The molecule has 0 aliphatic rings. The van der Waals surface area contributed by atoms with E-state index in [0.717, 1.165) is 16.9 Å². The first-order valence-corrected chi connectivity index (χ1v) is 7.71. The quantitative estimate of drug-likeness (QED) is 0.745. The lowest BCUT2D eigenvalue weighted by atomic mass is 10.1. The van der Waals surface area contributed by atoms with E-state index >= 15 is 0 Å². The number of nitrogens with one attached hydrogen (secondary N) is 1. The number of halogens is 3. The van der Waals surface area contributed by atoms with Crippen molar-refractivity contribution >= 4 is 46.2 Å². The number of anilines is 2. The Kier molecular flexibility index (Phi) is 5.26. The first-order valence-electron chi connectivity index (χ1n) is 6.58. The summed E-state index contributed by atoms with van der Waals surface area (Å²) in [4.78, 5) is 1.98. The summed E-state index contributed by atoms with van der Waals surface area (Å²) < 4.78 is 0. The number of hydrogen-bond acceptors (Lipinski definition) is 2. The molecule has 1 atom stereocenters. The highest BCUT2D eigenvalue weighted by Gasteiger charge is 2.15. The van der Waals surface area contributed by atoms with Crippen molar-refractivity contribution in [1.29, 1.82) is 0 Å². The van der Waals surface area contributed by atoms with Crippen LogP contribution in [-0.4, -0.2) is 14.1 Å². The molecular formula is C16H17Cl3N2. The van der Waals surface area contributed by atoms with Gasteiger partial charge in [0.2, 0.25) is 0 Å². The molecule has 5 heteroatoms. The van der Waals surface area contributed by atoms with E-state index in [-0.39, 0.29) is 6.04 Å². The van der Waals surface area contributed by atoms with Crippen LogP contribution in [0.5, 0.6) is 0 Å². The van der Waals surface area contributed by atoms with Crippen LogP contribution in [0.15, 0.2) is 36.4 Å². The van der Waals surface area contributed by atoms with Gasteiger partial charge in [0.05, 0.1) is 32.5 Å². The van der Waals surface area contributed by atoms with E-state index in [2.05, 4.69) is 5.32 Å². The summed E-state index contributed by atoms with van der Waals surface area (Å²) in [5.41, 5.74) is 2.86. The van der Waals surface area contributed by atoms with Gasteiger partial charge in [-0.05, 0) is 30.7 Å². The number of para-hydroxylation sites is 1. The average Bonchev–Trinajstić information content (AvgIpc) is 2.41. The molecule has 0 heterocycles. The highest BCUT2D eigenvalue weighted by Crippen LogP contribution is 2.36. The zero-order valence-electron chi connectivity index (χ0n) is 12.1. The molecule has 0 aliphatic carbocycles. The van der Waals surface area contributed by atoms with Crippen LogP contribution in [-0.2, 0) is 0 Å². The molecule has 0 fully saturated rings. The minimum absolute atomic E-state index is 0.00775. The van der Waals surface area contributed by atoms with Crippen molar-refractivity contribution in [2.24, 2.45) is 0 Å². The molecule has 0 radical (unpaired) electrons. The fourth-order valence-electron chi connectivity index (χ4n) is 2.25. The first kappa shape index (κ1) is 16.3. The molecule has 21 heavy (non-hydrogen) atoms. The van der Waals surface area contributed by atoms with Gasteiger partial charge in [-0.15, -0.1) is 0 Å². The molecule has 112 valence electrons. The molecule has 0 spiro atoms. The predicted molar refractivity (Wildman–Crippen MR) is 94.3 cm³/mol. The van der Waals surface area contributed by atoms with E-state index in [1.807, 2.05) is 56.3 Å². The molecule has 2 nitrogen and oxygen atoms in total. The van der Waals surface area contributed by atoms with Gasteiger partial charge in [0.1, 0.15) is 0 Å². The summed E-state index contributed by atoms with van der Waals surface area (Å²) in [5, 5.41) is 5.28. The fraction of sp³-hybridized carbons (Fsp3) is 0.250. The largest absolute Gasteiger partial charge is 0.377 e. The Hall–Kier alpha value is -1.09. The number of hydrogen-bond donors (Lipinski definition) is 1. The molecule has 0 saturated carbocycles. The van der Waals surface area contributed by atoms with Gasteiger partial charge in [-0.2, -0.15) is 0 Å². The molecule has 0 aliphatic heterocycles. The highest BCUT2D eigenvalue weighted by molar-refractivity contribution is 6.42. The van der Waals surface area contributed by atoms with Crippen LogP contribution >= 0.6 is 34.8 Å². The van der Waals surface area contributed by atoms with Crippen LogP contribution in [0.1, 0.15) is 18.5 Å². The van der Waals surface area contributed by atoms with Crippen molar-refractivity contribution in [1.82, 2.24) is 0 Å². The number of benzene rings is 2. The number of rotatable bonds is 4. The van der Waals surface area contributed by atoms with Gasteiger partial charge < -0.3 is 10.2 Å². The van der Waals surface area contributed by atoms with Crippen LogP contribution in [0, 0.1) is 0 Å². The average molecular weight is 344 g/mol. The van der Waals surface area contributed by atoms with Crippen molar-refractivity contribution in [3.8, 4) is 0 Å². The van der Waals surface area contributed by atoms with E-state index < -0.39 is 0 Å². The third kappa shape index (κ3) is 3.57. The zero-order chi connectivity index (χ0) is 15.6. The van der Waals surface area contributed by atoms with Gasteiger partial charge in [0, 0.05) is 14.1 Å². The van der Waals surface area contributed by atoms with E-state index in [4.69, 9.17) is 34.8 Å². The topological polar surface area (TPSA) is 15.3 Å². The van der Waals surface area contributed by atoms with Crippen molar-refractivity contribution in [2.75, 3.05) is 24.3 Å². The zero-order valence-corrected chi connectivity index (χ0v) is 14.4. The molecule has 2 rings (SSSR count). The van der Waals surface area contributed by atoms with Crippen LogP contribution < -0.4 is 10.2 Å². The van der Waals surface area contributed by atoms with Gasteiger partial charge in [0.15, 0.2) is 0 Å². The Labute approximate surface area is 140 Å². The second-order valence-electron chi connectivity index (χ2n) is 5.04. The molecular weight excluding hydrogens is 327 g/mol. The van der Waals surface area contributed by atoms with E-state index in [0.29, 0.717) is 15.1 Å². The molecule has 0 saturated heterocycles. The van der Waals surface area contributed by atoms with Crippen molar-refractivity contribution < 1.29 is 0 Å². The van der Waals surface area contributed by atoms with Gasteiger partial charge in [-0.3, -0.25) is 0 Å². The van der Waals surface area contributed by atoms with E-state index in [1.165, 1.54) is 0 Å². The Morgan fingerprint density at radius 2 is 1.57 bits per heavy atom. The maximum Gasteiger partial charge on any atom is 0.0786 e. The normalized spacial score (nSPS) is 12.1. The second kappa shape index (κ2) is 6.78. The maximum absolute atomic E-state index is 6.28. The van der Waals surface area contributed by atoms with Gasteiger partial charge in [-0.25, -0.2) is 0 Å². The van der Waals surface area contributed by atoms with Gasteiger partial charge >= 0.3 is 0 Å². The van der Waals surface area contributed by atoms with Crippen LogP contribution in [0.3, 0.4) is 0 Å². The minimum Gasteiger partial charge on any atom is -0.377 e. The minimum atomic E-state index is 0.00775. The second-order valence-corrected chi connectivity index (χ2v) is 6.23. The van der Waals surface area contributed by atoms with Crippen LogP contribution in [0.4, 0.5) is 11.4 Å². The van der Waals surface area contributed by atoms with E-state index in [1.54, 1.807) is 6.07 Å². The molecule has 0 bridgehead atoms. The Bertz CT molecular complexity index is 641.